The third-order valence-electron chi connectivity index (χ3n) is 2.05. The van der Waals surface area contributed by atoms with Crippen LogP contribution in [-0.4, -0.2) is 16.3 Å². The fraction of sp³-hybridized carbons (Fsp3) is 0. The highest BCUT2D eigenvalue weighted by Gasteiger charge is 2.04. The van der Waals surface area contributed by atoms with E-state index in [0.717, 1.165) is 17.4 Å². The summed E-state index contributed by atoms with van der Waals surface area (Å²) in [7, 11) is 0. The van der Waals surface area contributed by atoms with Crippen molar-refractivity contribution >= 4 is 12.1 Å². The molecule has 0 saturated carbocycles. The Morgan fingerprint density at radius 2 is 2.20 bits per heavy atom. The average molecular weight is 199 g/mol. The molecule has 0 radical (unpaired) electrons. The van der Waals surface area contributed by atoms with Gasteiger partial charge < -0.3 is 5.73 Å². The van der Waals surface area contributed by atoms with Gasteiger partial charge in [0, 0.05) is 35.3 Å². The van der Waals surface area contributed by atoms with Crippen molar-refractivity contribution in [2.45, 2.75) is 0 Å². The van der Waals surface area contributed by atoms with Gasteiger partial charge in [-0.1, -0.05) is 6.07 Å². The average Bonchev–Trinajstić information content (AvgIpc) is 2.31. The third kappa shape index (κ3) is 1.83. The maximum atomic E-state index is 10.6. The highest BCUT2D eigenvalue weighted by Crippen LogP contribution is 2.23. The Hall–Kier alpha value is -2.23. The predicted molar refractivity (Wildman–Crippen MR) is 57.3 cm³/mol. The van der Waals surface area contributed by atoms with Crippen molar-refractivity contribution in [2.24, 2.45) is 0 Å². The van der Waals surface area contributed by atoms with Crippen LogP contribution in [0.4, 0.5) is 5.82 Å². The van der Waals surface area contributed by atoms with E-state index in [1.807, 2.05) is 12.1 Å². The summed E-state index contributed by atoms with van der Waals surface area (Å²) in [6.45, 7) is 0. The van der Waals surface area contributed by atoms with Crippen LogP contribution >= 0.6 is 0 Å². The normalized spacial score (nSPS) is 9.87. The fourth-order valence-corrected chi connectivity index (χ4v) is 1.31. The summed E-state index contributed by atoms with van der Waals surface area (Å²) >= 11 is 0. The fourth-order valence-electron chi connectivity index (χ4n) is 1.31. The quantitative estimate of drug-likeness (QED) is 0.745. The Morgan fingerprint density at radius 1 is 1.33 bits per heavy atom. The van der Waals surface area contributed by atoms with Crippen molar-refractivity contribution < 1.29 is 4.79 Å². The number of hydrogen-bond donors (Lipinski definition) is 1. The third-order valence-corrected chi connectivity index (χ3v) is 2.05. The molecule has 74 valence electrons. The van der Waals surface area contributed by atoms with Crippen LogP contribution in [0, 0.1) is 0 Å². The van der Waals surface area contributed by atoms with Gasteiger partial charge in [0.25, 0.3) is 0 Å². The van der Waals surface area contributed by atoms with E-state index in [0.29, 0.717) is 11.4 Å². The van der Waals surface area contributed by atoms with Gasteiger partial charge in [0.1, 0.15) is 5.82 Å². The maximum Gasteiger partial charge on any atom is 0.151 e. The molecule has 0 aliphatic rings. The van der Waals surface area contributed by atoms with Crippen LogP contribution in [0.1, 0.15) is 10.4 Å². The zero-order valence-corrected chi connectivity index (χ0v) is 7.92. The molecule has 0 aliphatic carbocycles. The SMILES string of the molecule is Nc1ncc(C=O)cc1-c1cccnc1. The topological polar surface area (TPSA) is 68.9 Å². The smallest absolute Gasteiger partial charge is 0.151 e. The molecular formula is C11H9N3O. The van der Waals surface area contributed by atoms with E-state index in [1.165, 1.54) is 6.20 Å². The lowest BCUT2D eigenvalue weighted by Crippen LogP contribution is -1.96. The molecule has 2 rings (SSSR count). The molecule has 2 aromatic heterocycles. The molecule has 0 spiro atoms. The van der Waals surface area contributed by atoms with E-state index < -0.39 is 0 Å². The minimum absolute atomic E-state index is 0.397. The molecule has 15 heavy (non-hydrogen) atoms. The van der Waals surface area contributed by atoms with Gasteiger partial charge in [-0.15, -0.1) is 0 Å². The summed E-state index contributed by atoms with van der Waals surface area (Å²) in [5, 5.41) is 0. The van der Waals surface area contributed by atoms with Gasteiger partial charge >= 0.3 is 0 Å². The van der Waals surface area contributed by atoms with E-state index in [4.69, 9.17) is 5.73 Å². The molecule has 2 N–H and O–H groups in total. The summed E-state index contributed by atoms with van der Waals surface area (Å²) in [5.41, 5.74) is 7.81. The summed E-state index contributed by atoms with van der Waals surface area (Å²) in [5.74, 6) is 0.397. The number of pyridine rings is 2. The second-order valence-electron chi connectivity index (χ2n) is 3.06. The van der Waals surface area contributed by atoms with Crippen molar-refractivity contribution in [3.8, 4) is 11.1 Å². The highest BCUT2D eigenvalue weighted by molar-refractivity contribution is 5.81. The summed E-state index contributed by atoms with van der Waals surface area (Å²) in [4.78, 5) is 18.5. The van der Waals surface area contributed by atoms with Gasteiger partial charge in [-0.3, -0.25) is 9.78 Å². The number of nitrogens with two attached hydrogens (primary N) is 1. The molecule has 2 heterocycles. The molecule has 0 atom stereocenters. The summed E-state index contributed by atoms with van der Waals surface area (Å²) in [6.07, 6.45) is 5.55. The van der Waals surface area contributed by atoms with Gasteiger partial charge in [-0.05, 0) is 12.1 Å². The van der Waals surface area contributed by atoms with Crippen molar-refractivity contribution in [3.05, 3.63) is 42.4 Å². The van der Waals surface area contributed by atoms with Gasteiger partial charge in [-0.25, -0.2) is 4.98 Å². The van der Waals surface area contributed by atoms with Crippen molar-refractivity contribution in [1.29, 1.82) is 0 Å². The standard InChI is InChI=1S/C11H9N3O/c12-11-10(4-8(7-15)5-14-11)9-2-1-3-13-6-9/h1-7H,(H2,12,14). The monoisotopic (exact) mass is 199 g/mol. The van der Waals surface area contributed by atoms with Crippen molar-refractivity contribution in [2.75, 3.05) is 5.73 Å². The van der Waals surface area contributed by atoms with Gasteiger partial charge in [0.2, 0.25) is 0 Å². The Morgan fingerprint density at radius 3 is 2.87 bits per heavy atom. The highest BCUT2D eigenvalue weighted by atomic mass is 16.1. The first kappa shape index (κ1) is 9.33. The number of carbonyl (C=O) groups is 1. The molecule has 0 saturated heterocycles. The van der Waals surface area contributed by atoms with Gasteiger partial charge in [0.05, 0.1) is 0 Å². The first-order valence-corrected chi connectivity index (χ1v) is 4.42. The minimum Gasteiger partial charge on any atom is -0.383 e. The first-order valence-electron chi connectivity index (χ1n) is 4.42. The van der Waals surface area contributed by atoms with Crippen LogP contribution in [-0.2, 0) is 0 Å². The Kier molecular flexibility index (Phi) is 2.41. The number of hydrogen-bond acceptors (Lipinski definition) is 4. The van der Waals surface area contributed by atoms with E-state index in [9.17, 15) is 4.79 Å². The number of anilines is 1. The lowest BCUT2D eigenvalue weighted by Gasteiger charge is -2.04. The lowest BCUT2D eigenvalue weighted by molar-refractivity contribution is 0.112. The second kappa shape index (κ2) is 3.88. The van der Waals surface area contributed by atoms with E-state index in [-0.39, 0.29) is 0 Å². The molecule has 4 nitrogen and oxygen atoms in total. The summed E-state index contributed by atoms with van der Waals surface area (Å²) in [6, 6.07) is 5.38. The molecular weight excluding hydrogens is 190 g/mol. The van der Waals surface area contributed by atoms with Crippen LogP contribution < -0.4 is 5.73 Å². The molecule has 0 aromatic carbocycles. The first-order chi connectivity index (χ1) is 7.31. The lowest BCUT2D eigenvalue weighted by atomic mass is 10.1. The minimum atomic E-state index is 0.397. The van der Waals surface area contributed by atoms with Crippen LogP contribution in [0.15, 0.2) is 36.8 Å². The van der Waals surface area contributed by atoms with Crippen molar-refractivity contribution in [3.63, 3.8) is 0 Å². The number of nitrogens with zero attached hydrogens (tertiary/aromatic N) is 2. The molecule has 0 aliphatic heterocycles. The molecule has 2 aromatic rings. The number of aldehydes is 1. The van der Waals surface area contributed by atoms with E-state index >= 15 is 0 Å². The molecule has 4 heteroatoms. The van der Waals surface area contributed by atoms with E-state index in [2.05, 4.69) is 9.97 Å². The Balaban J connectivity index is 2.57. The zero-order chi connectivity index (χ0) is 10.7. The number of aromatic nitrogens is 2. The molecule has 0 unspecified atom stereocenters. The zero-order valence-electron chi connectivity index (χ0n) is 7.92. The van der Waals surface area contributed by atoms with Crippen LogP contribution in [0.2, 0.25) is 0 Å². The van der Waals surface area contributed by atoms with Gasteiger partial charge in [0.15, 0.2) is 6.29 Å². The Labute approximate surface area is 86.8 Å². The molecule has 0 bridgehead atoms. The van der Waals surface area contributed by atoms with E-state index in [1.54, 1.807) is 18.5 Å². The Bertz CT molecular complexity index is 482. The number of carbonyl (C=O) groups excluding carboxylic acids is 1. The second-order valence-corrected chi connectivity index (χ2v) is 3.06. The van der Waals surface area contributed by atoms with Crippen molar-refractivity contribution in [1.82, 2.24) is 9.97 Å². The van der Waals surface area contributed by atoms with Crippen LogP contribution in [0.5, 0.6) is 0 Å². The summed E-state index contributed by atoms with van der Waals surface area (Å²) < 4.78 is 0. The van der Waals surface area contributed by atoms with Crippen LogP contribution in [0.25, 0.3) is 11.1 Å². The number of rotatable bonds is 2. The van der Waals surface area contributed by atoms with Gasteiger partial charge in [-0.2, -0.15) is 0 Å². The number of nitrogen functional groups attached to an aromatic ring is 1. The predicted octanol–water partition coefficient (Wildman–Crippen LogP) is 1.54. The maximum absolute atomic E-state index is 10.6. The molecule has 0 fully saturated rings. The van der Waals surface area contributed by atoms with Crippen LogP contribution in [0.3, 0.4) is 0 Å². The largest absolute Gasteiger partial charge is 0.383 e. The molecule has 0 amide bonds.